The van der Waals surface area contributed by atoms with E-state index < -0.39 is 16.0 Å². The second kappa shape index (κ2) is 8.52. The number of carbonyl (C=O) groups excluding carboxylic acids is 2. The van der Waals surface area contributed by atoms with Gasteiger partial charge in [-0.3, -0.25) is 4.79 Å². The average Bonchev–Trinajstić information content (AvgIpc) is 2.72. The Kier molecular flexibility index (Phi) is 6.26. The van der Waals surface area contributed by atoms with E-state index in [0.717, 1.165) is 0 Å². The van der Waals surface area contributed by atoms with E-state index in [-0.39, 0.29) is 37.0 Å². The number of amides is 1. The number of carbonyl (C=O) groups is 2. The molecule has 0 aliphatic carbocycles. The summed E-state index contributed by atoms with van der Waals surface area (Å²) in [6.07, 6.45) is 0. The number of aryl methyl sites for hydroxylation is 1. The Morgan fingerprint density at radius 1 is 1.00 bits per heavy atom. The van der Waals surface area contributed by atoms with Gasteiger partial charge in [0.05, 0.1) is 17.6 Å². The molecule has 29 heavy (non-hydrogen) atoms. The molecule has 2 aromatic carbocycles. The zero-order valence-corrected chi connectivity index (χ0v) is 17.7. The van der Waals surface area contributed by atoms with Crippen molar-refractivity contribution < 1.29 is 22.7 Å². The minimum atomic E-state index is -3.74. The maximum atomic E-state index is 13.0. The van der Waals surface area contributed by atoms with Crippen molar-refractivity contribution in [2.45, 2.75) is 11.8 Å². The topological polar surface area (TPSA) is 84.0 Å². The van der Waals surface area contributed by atoms with Gasteiger partial charge in [0.15, 0.2) is 0 Å². The highest BCUT2D eigenvalue weighted by atomic mass is 35.5. The largest absolute Gasteiger partial charge is 0.465 e. The van der Waals surface area contributed by atoms with Crippen molar-refractivity contribution in [2.75, 3.05) is 33.3 Å². The predicted molar refractivity (Wildman–Crippen MR) is 109 cm³/mol. The molecular formula is C20H21ClN2O5S. The minimum absolute atomic E-state index is 0.139. The van der Waals surface area contributed by atoms with Crippen LogP contribution in [0.4, 0.5) is 0 Å². The van der Waals surface area contributed by atoms with E-state index in [2.05, 4.69) is 4.74 Å². The number of methoxy groups -OCH3 is 1. The lowest BCUT2D eigenvalue weighted by molar-refractivity contribution is 0.0600. The van der Waals surface area contributed by atoms with Gasteiger partial charge in [-0.2, -0.15) is 4.31 Å². The van der Waals surface area contributed by atoms with E-state index in [0.29, 0.717) is 21.7 Å². The molecule has 0 saturated carbocycles. The van der Waals surface area contributed by atoms with Crippen molar-refractivity contribution in [2.24, 2.45) is 0 Å². The zero-order chi connectivity index (χ0) is 21.2. The molecule has 1 amide bonds. The molecule has 2 aromatic rings. The molecule has 1 aliphatic rings. The number of hydrogen-bond acceptors (Lipinski definition) is 5. The summed E-state index contributed by atoms with van der Waals surface area (Å²) < 4.78 is 32.1. The van der Waals surface area contributed by atoms with Crippen LogP contribution in [0.1, 0.15) is 26.3 Å². The molecule has 1 heterocycles. The first kappa shape index (κ1) is 21.3. The van der Waals surface area contributed by atoms with Gasteiger partial charge in [-0.05, 0) is 48.9 Å². The number of sulfonamides is 1. The first-order valence-electron chi connectivity index (χ1n) is 8.98. The molecule has 0 radical (unpaired) electrons. The van der Waals surface area contributed by atoms with Crippen molar-refractivity contribution in [1.29, 1.82) is 0 Å². The number of rotatable bonds is 4. The Morgan fingerprint density at radius 3 is 2.28 bits per heavy atom. The molecule has 1 saturated heterocycles. The predicted octanol–water partition coefficient (Wildman–Crippen LogP) is 2.58. The van der Waals surface area contributed by atoms with Crippen molar-refractivity contribution in [3.8, 4) is 0 Å². The normalized spacial score (nSPS) is 15.2. The van der Waals surface area contributed by atoms with Gasteiger partial charge in [0.2, 0.25) is 10.0 Å². The third-order valence-electron chi connectivity index (χ3n) is 4.81. The van der Waals surface area contributed by atoms with Gasteiger partial charge >= 0.3 is 5.97 Å². The highest BCUT2D eigenvalue weighted by Crippen LogP contribution is 2.23. The highest BCUT2D eigenvalue weighted by Gasteiger charge is 2.31. The quantitative estimate of drug-likeness (QED) is 0.688. The van der Waals surface area contributed by atoms with Gasteiger partial charge in [-0.15, -0.1) is 0 Å². The first-order valence-corrected chi connectivity index (χ1v) is 10.8. The summed E-state index contributed by atoms with van der Waals surface area (Å²) in [5.74, 6) is -0.701. The summed E-state index contributed by atoms with van der Waals surface area (Å²) in [6, 6.07) is 11.0. The number of piperazine rings is 1. The third kappa shape index (κ3) is 4.44. The molecule has 7 nitrogen and oxygen atoms in total. The maximum absolute atomic E-state index is 13.0. The number of benzene rings is 2. The van der Waals surface area contributed by atoms with E-state index >= 15 is 0 Å². The van der Waals surface area contributed by atoms with E-state index in [1.807, 2.05) is 0 Å². The molecule has 0 unspecified atom stereocenters. The van der Waals surface area contributed by atoms with E-state index in [1.165, 1.54) is 29.6 Å². The second-order valence-corrected chi connectivity index (χ2v) is 9.02. The molecule has 1 fully saturated rings. The molecule has 0 atom stereocenters. The van der Waals surface area contributed by atoms with Crippen molar-refractivity contribution in [1.82, 2.24) is 9.21 Å². The van der Waals surface area contributed by atoms with Crippen molar-refractivity contribution in [3.63, 3.8) is 0 Å². The SMILES string of the molecule is COC(=O)c1ccc(S(=O)(=O)N2CCN(C(=O)c3cccc(Cl)c3)CC2)c(C)c1. The summed E-state index contributed by atoms with van der Waals surface area (Å²) in [5.41, 5.74) is 1.23. The van der Waals surface area contributed by atoms with Crippen LogP contribution in [0.2, 0.25) is 5.02 Å². The van der Waals surface area contributed by atoms with Crippen LogP contribution in [0.15, 0.2) is 47.4 Å². The molecular weight excluding hydrogens is 416 g/mol. The van der Waals surface area contributed by atoms with Crippen LogP contribution < -0.4 is 0 Å². The Labute approximate surface area is 174 Å². The fourth-order valence-electron chi connectivity index (χ4n) is 3.26. The fraction of sp³-hybridized carbons (Fsp3) is 0.300. The number of ether oxygens (including phenoxy) is 1. The van der Waals surface area contributed by atoms with E-state index in [1.54, 1.807) is 36.1 Å². The monoisotopic (exact) mass is 436 g/mol. The van der Waals surface area contributed by atoms with Crippen LogP contribution in [-0.4, -0.2) is 62.8 Å². The van der Waals surface area contributed by atoms with Crippen LogP contribution in [0.25, 0.3) is 0 Å². The molecule has 1 aliphatic heterocycles. The second-order valence-electron chi connectivity index (χ2n) is 6.68. The lowest BCUT2D eigenvalue weighted by atomic mass is 10.1. The lowest BCUT2D eigenvalue weighted by Gasteiger charge is -2.34. The Hall–Kier alpha value is -2.42. The van der Waals surface area contributed by atoms with Gasteiger partial charge in [-0.25, -0.2) is 13.2 Å². The zero-order valence-electron chi connectivity index (χ0n) is 16.1. The summed E-state index contributed by atoms with van der Waals surface area (Å²) in [5, 5.41) is 0.475. The average molecular weight is 437 g/mol. The summed E-state index contributed by atoms with van der Waals surface area (Å²) >= 11 is 5.95. The number of nitrogens with zero attached hydrogens (tertiary/aromatic N) is 2. The van der Waals surface area contributed by atoms with Crippen LogP contribution in [-0.2, 0) is 14.8 Å². The Bertz CT molecular complexity index is 1050. The molecule has 3 rings (SSSR count). The molecule has 0 N–H and O–H groups in total. The van der Waals surface area contributed by atoms with Gasteiger partial charge in [0.1, 0.15) is 0 Å². The summed E-state index contributed by atoms with van der Waals surface area (Å²) in [7, 11) is -2.47. The van der Waals surface area contributed by atoms with E-state index in [9.17, 15) is 18.0 Å². The number of halogens is 1. The van der Waals surface area contributed by atoms with Crippen molar-refractivity contribution in [3.05, 3.63) is 64.2 Å². The van der Waals surface area contributed by atoms with Crippen LogP contribution in [0.5, 0.6) is 0 Å². The fourth-order valence-corrected chi connectivity index (χ4v) is 5.08. The molecule has 154 valence electrons. The van der Waals surface area contributed by atoms with Gasteiger partial charge < -0.3 is 9.64 Å². The molecule has 0 aromatic heterocycles. The smallest absolute Gasteiger partial charge is 0.337 e. The Balaban J connectivity index is 1.73. The number of hydrogen-bond donors (Lipinski definition) is 0. The van der Waals surface area contributed by atoms with Gasteiger partial charge in [-0.1, -0.05) is 17.7 Å². The lowest BCUT2D eigenvalue weighted by Crippen LogP contribution is -2.50. The summed E-state index contributed by atoms with van der Waals surface area (Å²) in [6.45, 7) is 2.58. The van der Waals surface area contributed by atoms with Crippen molar-refractivity contribution >= 4 is 33.5 Å². The maximum Gasteiger partial charge on any atom is 0.337 e. The first-order chi connectivity index (χ1) is 13.7. The standard InChI is InChI=1S/C20H21ClN2O5S/c1-14-12-16(20(25)28-2)6-7-18(14)29(26,27)23-10-8-22(9-11-23)19(24)15-4-3-5-17(21)13-15/h3-7,12-13H,8-11H2,1-2H3. The molecule has 0 bridgehead atoms. The Morgan fingerprint density at radius 2 is 1.69 bits per heavy atom. The van der Waals surface area contributed by atoms with Crippen LogP contribution in [0.3, 0.4) is 0 Å². The molecule has 9 heteroatoms. The van der Waals surface area contributed by atoms with Crippen LogP contribution >= 0.6 is 11.6 Å². The van der Waals surface area contributed by atoms with Gasteiger partial charge in [0, 0.05) is 36.8 Å². The highest BCUT2D eigenvalue weighted by molar-refractivity contribution is 7.89. The summed E-state index contributed by atoms with van der Waals surface area (Å²) in [4.78, 5) is 26.0. The van der Waals surface area contributed by atoms with Crippen LogP contribution in [0, 0.1) is 6.92 Å². The third-order valence-corrected chi connectivity index (χ3v) is 7.11. The van der Waals surface area contributed by atoms with E-state index in [4.69, 9.17) is 11.6 Å². The molecule has 0 spiro atoms. The van der Waals surface area contributed by atoms with Gasteiger partial charge in [0.25, 0.3) is 5.91 Å². The minimum Gasteiger partial charge on any atom is -0.465 e. The number of esters is 1.